The highest BCUT2D eigenvalue weighted by Crippen LogP contribution is 2.46. The molecule has 0 aliphatic carbocycles. The van der Waals surface area contributed by atoms with E-state index in [-0.39, 0.29) is 0 Å². The van der Waals surface area contributed by atoms with E-state index >= 15 is 0 Å². The van der Waals surface area contributed by atoms with Gasteiger partial charge < -0.3 is 0 Å². The van der Waals surface area contributed by atoms with Gasteiger partial charge in [-0.25, -0.2) is 4.98 Å². The molecule has 0 saturated carbocycles. The largest absolute Gasteiger partial charge is 0.252 e. The first-order valence-electron chi connectivity index (χ1n) is 20.6. The predicted octanol–water partition coefficient (Wildman–Crippen LogP) is 15.7. The molecule has 2 heteroatoms. The van der Waals surface area contributed by atoms with Crippen molar-refractivity contribution in [2.24, 2.45) is 0 Å². The molecule has 278 valence electrons. The highest BCUT2D eigenvalue weighted by atomic mass is 14.8. The van der Waals surface area contributed by atoms with Gasteiger partial charge in [-0.3, -0.25) is 4.98 Å². The van der Waals surface area contributed by atoms with Crippen molar-refractivity contribution in [1.82, 2.24) is 9.97 Å². The molecule has 2 nitrogen and oxygen atoms in total. The van der Waals surface area contributed by atoms with Crippen LogP contribution in [0.2, 0.25) is 0 Å². The summed E-state index contributed by atoms with van der Waals surface area (Å²) in [6.45, 7) is 0. The lowest BCUT2D eigenvalue weighted by Crippen LogP contribution is -1.96. The zero-order valence-corrected chi connectivity index (χ0v) is 32.7. The monoisotopic (exact) mass is 760 g/mol. The molecule has 0 unspecified atom stereocenters. The van der Waals surface area contributed by atoms with Crippen molar-refractivity contribution < 1.29 is 0 Å². The van der Waals surface area contributed by atoms with Crippen LogP contribution in [0.5, 0.6) is 0 Å². The van der Waals surface area contributed by atoms with E-state index in [0.29, 0.717) is 0 Å². The Bertz CT molecular complexity index is 3630. The molecule has 0 fully saturated rings. The summed E-state index contributed by atoms with van der Waals surface area (Å²) in [5.74, 6) is 0. The van der Waals surface area contributed by atoms with Gasteiger partial charge in [0.15, 0.2) is 0 Å². The normalized spacial score (nSPS) is 11.7. The minimum atomic E-state index is 0.844. The van der Waals surface area contributed by atoms with Crippen LogP contribution in [0.15, 0.2) is 219 Å². The Hall–Kier alpha value is -7.94. The van der Waals surface area contributed by atoms with Gasteiger partial charge in [0.25, 0.3) is 0 Å². The van der Waals surface area contributed by atoms with Crippen molar-refractivity contribution >= 4 is 64.6 Å². The van der Waals surface area contributed by atoms with E-state index in [1.807, 2.05) is 30.5 Å². The van der Waals surface area contributed by atoms with E-state index in [2.05, 4.69) is 188 Å². The van der Waals surface area contributed by atoms with Crippen molar-refractivity contribution in [3.8, 4) is 56.0 Å². The molecule has 0 amide bonds. The first kappa shape index (κ1) is 34.1. The molecule has 0 N–H and O–H groups in total. The summed E-state index contributed by atoms with van der Waals surface area (Å²) in [4.78, 5) is 10.2. The highest BCUT2D eigenvalue weighted by molar-refractivity contribution is 6.34. The molecule has 0 spiro atoms. The summed E-state index contributed by atoms with van der Waals surface area (Å²) in [7, 11) is 0. The quantitative estimate of drug-likeness (QED) is 0.163. The van der Waals surface area contributed by atoms with Crippen LogP contribution in [0.1, 0.15) is 0 Å². The first-order valence-corrected chi connectivity index (χ1v) is 20.6. The molecule has 11 aromatic carbocycles. The lowest BCUT2D eigenvalue weighted by Gasteiger charge is -2.18. The Labute approximate surface area is 347 Å². The van der Waals surface area contributed by atoms with Crippen molar-refractivity contribution in [3.63, 3.8) is 0 Å². The van der Waals surface area contributed by atoms with Gasteiger partial charge in [-0.1, -0.05) is 206 Å². The number of rotatable bonds is 5. The summed E-state index contributed by atoms with van der Waals surface area (Å²) in [6, 6.07) is 76.8. The molecule has 0 bridgehead atoms. The van der Waals surface area contributed by atoms with Crippen molar-refractivity contribution in [1.29, 1.82) is 0 Å². The van der Waals surface area contributed by atoms with Crippen LogP contribution in [0.25, 0.3) is 121 Å². The summed E-state index contributed by atoms with van der Waals surface area (Å²) >= 11 is 0. The minimum Gasteiger partial charge on any atom is -0.252 e. The topological polar surface area (TPSA) is 25.8 Å². The smallest absolute Gasteiger partial charge is 0.0972 e. The molecular formula is C58H36N2. The Kier molecular flexibility index (Phi) is 7.89. The fraction of sp³-hybridized carbons (Fsp3) is 0. The number of nitrogens with zero attached hydrogens (tertiary/aromatic N) is 2. The third-order valence-electron chi connectivity index (χ3n) is 12.3. The average Bonchev–Trinajstić information content (AvgIpc) is 3.33. The predicted molar refractivity (Wildman–Crippen MR) is 254 cm³/mol. The minimum absolute atomic E-state index is 0.844. The lowest BCUT2D eigenvalue weighted by atomic mass is 9.85. The van der Waals surface area contributed by atoms with Crippen molar-refractivity contribution in [2.75, 3.05) is 0 Å². The second-order valence-electron chi connectivity index (χ2n) is 15.6. The zero-order valence-electron chi connectivity index (χ0n) is 32.7. The second-order valence-corrected chi connectivity index (χ2v) is 15.6. The van der Waals surface area contributed by atoms with Gasteiger partial charge in [-0.2, -0.15) is 0 Å². The molecule has 12 aromatic rings. The molecule has 1 heterocycles. The molecular weight excluding hydrogens is 725 g/mol. The maximum Gasteiger partial charge on any atom is 0.0972 e. The summed E-state index contributed by atoms with van der Waals surface area (Å²) in [5.41, 5.74) is 10.5. The fourth-order valence-electron chi connectivity index (χ4n) is 9.57. The van der Waals surface area contributed by atoms with E-state index in [4.69, 9.17) is 9.97 Å². The zero-order chi connectivity index (χ0) is 39.6. The van der Waals surface area contributed by atoms with Gasteiger partial charge in [0.2, 0.25) is 0 Å². The van der Waals surface area contributed by atoms with Gasteiger partial charge in [0, 0.05) is 16.7 Å². The van der Waals surface area contributed by atoms with Crippen molar-refractivity contribution in [3.05, 3.63) is 219 Å². The maximum absolute atomic E-state index is 5.22. The third-order valence-corrected chi connectivity index (χ3v) is 12.3. The third kappa shape index (κ3) is 5.42. The van der Waals surface area contributed by atoms with Gasteiger partial charge >= 0.3 is 0 Å². The molecule has 0 aliphatic rings. The van der Waals surface area contributed by atoms with E-state index in [1.165, 1.54) is 81.3 Å². The maximum atomic E-state index is 5.22. The number of hydrogen-bond donors (Lipinski definition) is 0. The molecule has 12 rings (SSSR count). The molecule has 60 heavy (non-hydrogen) atoms. The number of hydrogen-bond acceptors (Lipinski definition) is 2. The van der Waals surface area contributed by atoms with E-state index in [0.717, 1.165) is 39.3 Å². The van der Waals surface area contributed by atoms with Crippen molar-refractivity contribution in [2.45, 2.75) is 0 Å². The van der Waals surface area contributed by atoms with E-state index in [1.54, 1.807) is 0 Å². The fourth-order valence-corrected chi connectivity index (χ4v) is 9.57. The van der Waals surface area contributed by atoms with E-state index < -0.39 is 0 Å². The molecule has 1 aromatic heterocycles. The SMILES string of the molecule is c1ccc(-c2ncc(-c3ccc(-c4ccc(-c5cc6cccc7c8ccccc8c8ccccc8c8cccc5c8c67)c5ccccc45)cc3)nc2-c2ccccc2)cc1. The van der Waals surface area contributed by atoms with Gasteiger partial charge in [-0.15, -0.1) is 0 Å². The molecule has 0 atom stereocenters. The van der Waals surface area contributed by atoms with Crippen LogP contribution in [-0.2, 0) is 0 Å². The van der Waals surface area contributed by atoms with Crippen LogP contribution in [0, 0.1) is 0 Å². The Morgan fingerprint density at radius 2 is 0.733 bits per heavy atom. The van der Waals surface area contributed by atoms with Gasteiger partial charge in [0.05, 0.1) is 23.3 Å². The highest BCUT2D eigenvalue weighted by Gasteiger charge is 2.19. The van der Waals surface area contributed by atoms with Crippen LogP contribution in [0.3, 0.4) is 0 Å². The summed E-state index contributed by atoms with van der Waals surface area (Å²) in [6.07, 6.45) is 1.90. The molecule has 0 saturated heterocycles. The van der Waals surface area contributed by atoms with Crippen LogP contribution >= 0.6 is 0 Å². The Morgan fingerprint density at radius 3 is 1.38 bits per heavy atom. The first-order chi connectivity index (χ1) is 29.8. The van der Waals surface area contributed by atoms with Crippen LogP contribution in [0.4, 0.5) is 0 Å². The number of benzene rings is 10. The van der Waals surface area contributed by atoms with E-state index in [9.17, 15) is 0 Å². The van der Waals surface area contributed by atoms with Crippen LogP contribution < -0.4 is 0 Å². The van der Waals surface area contributed by atoms with Gasteiger partial charge in [0.1, 0.15) is 0 Å². The van der Waals surface area contributed by atoms with Crippen LogP contribution in [-0.4, -0.2) is 9.97 Å². The molecule has 0 aliphatic heterocycles. The summed E-state index contributed by atoms with van der Waals surface area (Å²) in [5, 5.41) is 15.2. The van der Waals surface area contributed by atoms with Gasteiger partial charge in [-0.05, 0) is 93.0 Å². The average molecular weight is 761 g/mol. The molecule has 0 radical (unpaired) electrons. The Balaban J connectivity index is 1.02. The number of aromatic nitrogens is 2. The second kappa shape index (κ2) is 13.9. The lowest BCUT2D eigenvalue weighted by molar-refractivity contribution is 1.21. The number of fused-ring (bicyclic) bond motifs is 6. The Morgan fingerprint density at radius 1 is 0.267 bits per heavy atom. The summed E-state index contributed by atoms with van der Waals surface area (Å²) < 4.78 is 0. The standard InChI is InChI=1S/C58H36N2/c1-3-15-39(16-4-1)57-58(40-17-5-2-6-18-40)60-54(36-59-57)38-31-29-37(30-32-38)42-33-34-49(44-21-8-7-20-43(42)44)53-35-41-19-13-26-50-47-24-11-9-22-45(47)46-23-10-12-25-48(46)51-27-14-28-52(53)56(51)55(41)50/h1-36H.